The van der Waals surface area contributed by atoms with Crippen LogP contribution in [0, 0.1) is 5.92 Å². The summed E-state index contributed by atoms with van der Waals surface area (Å²) < 4.78 is 5.60. The lowest BCUT2D eigenvalue weighted by molar-refractivity contribution is 0.0307. The van der Waals surface area contributed by atoms with Crippen molar-refractivity contribution in [2.24, 2.45) is 5.92 Å². The van der Waals surface area contributed by atoms with E-state index in [4.69, 9.17) is 9.84 Å². The van der Waals surface area contributed by atoms with Crippen molar-refractivity contribution < 1.29 is 9.84 Å². The first-order valence-corrected chi connectivity index (χ1v) is 4.78. The minimum absolute atomic E-state index is 0.224. The lowest BCUT2D eigenvalue weighted by Crippen LogP contribution is -2.18. The lowest BCUT2D eigenvalue weighted by atomic mass is 10.00. The monoisotopic (exact) mass is 176 g/mol. The summed E-state index contributed by atoms with van der Waals surface area (Å²) in [5.41, 5.74) is 0. The van der Waals surface area contributed by atoms with Gasteiger partial charge in [-0.05, 0) is 31.4 Å². The molecule has 1 fully saturated rings. The fourth-order valence-corrected chi connectivity index (χ4v) is 2.05. The minimum Gasteiger partial charge on any atom is -0.396 e. The van der Waals surface area contributed by atoms with E-state index in [9.17, 15) is 0 Å². The van der Waals surface area contributed by atoms with E-state index in [1.807, 2.05) is 0 Å². The van der Waals surface area contributed by atoms with Gasteiger partial charge in [0.15, 0.2) is 0 Å². The van der Waals surface area contributed by atoms with Gasteiger partial charge in [-0.2, -0.15) is 12.6 Å². The third kappa shape index (κ3) is 2.36. The maximum absolute atomic E-state index is 8.72. The van der Waals surface area contributed by atoms with Crippen molar-refractivity contribution in [3.8, 4) is 0 Å². The van der Waals surface area contributed by atoms with E-state index in [0.717, 1.165) is 18.6 Å². The van der Waals surface area contributed by atoms with Crippen LogP contribution in [0.25, 0.3) is 0 Å². The molecule has 66 valence electrons. The second kappa shape index (κ2) is 4.33. The zero-order valence-corrected chi connectivity index (χ0v) is 7.76. The molecule has 0 amide bonds. The Bertz CT molecular complexity index is 119. The molecule has 1 aliphatic rings. The number of hydrogen-bond donors (Lipinski definition) is 2. The summed E-state index contributed by atoms with van der Waals surface area (Å²) in [7, 11) is 0. The first-order chi connectivity index (χ1) is 5.27. The van der Waals surface area contributed by atoms with Crippen molar-refractivity contribution in [3.63, 3.8) is 0 Å². The number of rotatable bonds is 3. The largest absolute Gasteiger partial charge is 0.396 e. The highest BCUT2D eigenvalue weighted by atomic mass is 32.1. The summed E-state index contributed by atoms with van der Waals surface area (Å²) in [4.78, 5) is 0. The molecule has 0 aromatic carbocycles. The van der Waals surface area contributed by atoms with Crippen LogP contribution >= 0.6 is 12.6 Å². The summed E-state index contributed by atoms with van der Waals surface area (Å²) >= 11 is 4.25. The van der Waals surface area contributed by atoms with Gasteiger partial charge < -0.3 is 9.84 Å². The Hall–Kier alpha value is 0.270. The van der Waals surface area contributed by atoms with E-state index in [0.29, 0.717) is 12.0 Å². The van der Waals surface area contributed by atoms with E-state index >= 15 is 0 Å². The van der Waals surface area contributed by atoms with Gasteiger partial charge in [0, 0.05) is 6.61 Å². The Morgan fingerprint density at radius 2 is 2.36 bits per heavy atom. The van der Waals surface area contributed by atoms with Crippen LogP contribution in [0.15, 0.2) is 0 Å². The fourth-order valence-electron chi connectivity index (χ4n) is 1.67. The van der Waals surface area contributed by atoms with Crippen molar-refractivity contribution in [2.45, 2.75) is 32.0 Å². The second-order valence-corrected chi connectivity index (χ2v) is 3.54. The number of hydrogen-bond acceptors (Lipinski definition) is 3. The molecule has 1 heterocycles. The third-order valence-electron chi connectivity index (χ3n) is 2.22. The third-order valence-corrected chi connectivity index (χ3v) is 2.68. The molecular weight excluding hydrogens is 160 g/mol. The Morgan fingerprint density at radius 3 is 2.91 bits per heavy atom. The van der Waals surface area contributed by atoms with Crippen molar-refractivity contribution >= 4 is 12.6 Å². The molecule has 0 aliphatic carbocycles. The van der Waals surface area contributed by atoms with Crippen molar-refractivity contribution in [1.82, 2.24) is 0 Å². The van der Waals surface area contributed by atoms with E-state index < -0.39 is 0 Å². The highest BCUT2D eigenvalue weighted by Gasteiger charge is 2.30. The summed E-state index contributed by atoms with van der Waals surface area (Å²) in [6, 6.07) is 0. The van der Waals surface area contributed by atoms with Gasteiger partial charge in [0.1, 0.15) is 0 Å². The molecule has 1 unspecified atom stereocenters. The Kier molecular flexibility index (Phi) is 3.69. The molecule has 1 rings (SSSR count). The van der Waals surface area contributed by atoms with E-state index in [1.165, 1.54) is 0 Å². The Morgan fingerprint density at radius 1 is 1.64 bits per heavy atom. The zero-order valence-electron chi connectivity index (χ0n) is 6.86. The maximum Gasteiger partial charge on any atom is 0.0637 e. The van der Waals surface area contributed by atoms with Gasteiger partial charge in [-0.25, -0.2) is 0 Å². The predicted octanol–water partition coefficient (Wildman–Crippen LogP) is 1.09. The topological polar surface area (TPSA) is 29.5 Å². The number of aliphatic hydroxyl groups is 1. The van der Waals surface area contributed by atoms with Crippen LogP contribution in [0.5, 0.6) is 0 Å². The molecule has 11 heavy (non-hydrogen) atoms. The van der Waals surface area contributed by atoms with Crippen LogP contribution < -0.4 is 0 Å². The van der Waals surface area contributed by atoms with Gasteiger partial charge in [-0.1, -0.05) is 0 Å². The first-order valence-electron chi connectivity index (χ1n) is 4.15. The number of ether oxygens (including phenoxy) is 1. The average Bonchev–Trinajstić information content (AvgIpc) is 2.32. The van der Waals surface area contributed by atoms with Crippen molar-refractivity contribution in [1.29, 1.82) is 0 Å². The molecule has 1 aliphatic heterocycles. The van der Waals surface area contributed by atoms with Crippen LogP contribution in [-0.4, -0.2) is 29.7 Å². The molecule has 3 heteroatoms. The molecule has 1 N–H and O–H groups in total. The first kappa shape index (κ1) is 9.36. The normalized spacial score (nSPS) is 37.9. The summed E-state index contributed by atoms with van der Waals surface area (Å²) in [6.45, 7) is 2.30. The molecule has 2 nitrogen and oxygen atoms in total. The zero-order chi connectivity index (χ0) is 8.27. The SMILES string of the molecule is CC1C[C@@H](CS)[C@@H](CCO)O1. The minimum atomic E-state index is 0.224. The van der Waals surface area contributed by atoms with Crippen molar-refractivity contribution in [2.75, 3.05) is 12.4 Å². The van der Waals surface area contributed by atoms with Gasteiger partial charge in [0.2, 0.25) is 0 Å². The van der Waals surface area contributed by atoms with Crippen LogP contribution in [-0.2, 0) is 4.74 Å². The molecule has 1 saturated heterocycles. The molecule has 0 spiro atoms. The Balaban J connectivity index is 2.37. The molecule has 0 radical (unpaired) electrons. The standard InChI is InChI=1S/C8H16O2S/c1-6-4-7(5-11)8(10-6)2-3-9/h6-9,11H,2-5H2,1H3/t6?,7-,8+/m0/s1. The second-order valence-electron chi connectivity index (χ2n) is 3.18. The predicted molar refractivity (Wildman–Crippen MR) is 48.0 cm³/mol. The van der Waals surface area contributed by atoms with Gasteiger partial charge in [0.05, 0.1) is 12.2 Å². The van der Waals surface area contributed by atoms with Crippen molar-refractivity contribution in [3.05, 3.63) is 0 Å². The quantitative estimate of drug-likeness (QED) is 0.630. The smallest absolute Gasteiger partial charge is 0.0637 e. The average molecular weight is 176 g/mol. The molecule has 3 atom stereocenters. The highest BCUT2D eigenvalue weighted by Crippen LogP contribution is 2.28. The summed E-state index contributed by atoms with van der Waals surface area (Å²) in [5.74, 6) is 1.41. The fraction of sp³-hybridized carbons (Fsp3) is 1.00. The van der Waals surface area contributed by atoms with Crippen LogP contribution in [0.4, 0.5) is 0 Å². The van der Waals surface area contributed by atoms with Gasteiger partial charge >= 0.3 is 0 Å². The van der Waals surface area contributed by atoms with E-state index in [-0.39, 0.29) is 12.7 Å². The van der Waals surface area contributed by atoms with Gasteiger partial charge in [-0.15, -0.1) is 0 Å². The summed E-state index contributed by atoms with van der Waals surface area (Å²) in [6.07, 6.45) is 2.44. The molecule has 0 aromatic heterocycles. The molecule has 0 aromatic rings. The maximum atomic E-state index is 8.72. The van der Waals surface area contributed by atoms with Crippen LogP contribution in [0.3, 0.4) is 0 Å². The van der Waals surface area contributed by atoms with E-state index in [2.05, 4.69) is 19.6 Å². The number of thiol groups is 1. The molecule has 0 saturated carbocycles. The van der Waals surface area contributed by atoms with Crippen LogP contribution in [0.1, 0.15) is 19.8 Å². The number of aliphatic hydroxyl groups excluding tert-OH is 1. The van der Waals surface area contributed by atoms with Gasteiger partial charge in [-0.3, -0.25) is 0 Å². The highest BCUT2D eigenvalue weighted by molar-refractivity contribution is 7.80. The Labute approximate surface area is 73.4 Å². The van der Waals surface area contributed by atoms with Crippen LogP contribution in [0.2, 0.25) is 0 Å². The summed E-state index contributed by atoms with van der Waals surface area (Å²) in [5, 5.41) is 8.72. The molecular formula is C8H16O2S. The van der Waals surface area contributed by atoms with Gasteiger partial charge in [0.25, 0.3) is 0 Å². The van der Waals surface area contributed by atoms with E-state index in [1.54, 1.807) is 0 Å². The molecule has 0 bridgehead atoms. The lowest BCUT2D eigenvalue weighted by Gasteiger charge is -2.14.